The van der Waals surface area contributed by atoms with Gasteiger partial charge in [-0.25, -0.2) is 4.79 Å². The predicted octanol–water partition coefficient (Wildman–Crippen LogP) is 9.96. The number of carboxylic acid groups (broad SMARTS) is 1. The molecular formula is C44H62N2O3. The average molecular weight is 667 g/mol. The number of rotatable bonds is 7. The Morgan fingerprint density at radius 2 is 1.59 bits per heavy atom. The van der Waals surface area contributed by atoms with E-state index >= 15 is 0 Å². The predicted molar refractivity (Wildman–Crippen MR) is 196 cm³/mol. The highest BCUT2D eigenvalue weighted by Gasteiger charge is 2.72. The molecule has 5 aliphatic rings. The lowest BCUT2D eigenvalue weighted by atomic mass is 9.31. The van der Waals surface area contributed by atoms with E-state index in [2.05, 4.69) is 77.0 Å². The van der Waals surface area contributed by atoms with Crippen LogP contribution in [-0.4, -0.2) is 28.5 Å². The van der Waals surface area contributed by atoms with Crippen LogP contribution in [0.25, 0.3) is 0 Å². The minimum atomic E-state index is -0.851. The molecule has 10 atom stereocenters. The highest BCUT2D eigenvalue weighted by atomic mass is 16.4. The van der Waals surface area contributed by atoms with Crippen LogP contribution in [0.4, 0.5) is 0 Å². The first-order valence-electron chi connectivity index (χ1n) is 19.7. The molecule has 5 fully saturated rings. The van der Waals surface area contributed by atoms with Gasteiger partial charge in [0, 0.05) is 24.9 Å². The van der Waals surface area contributed by atoms with Crippen molar-refractivity contribution in [3.8, 4) is 0 Å². The quantitative estimate of drug-likeness (QED) is 0.308. The molecule has 1 aromatic heterocycles. The second kappa shape index (κ2) is 12.2. The Hall–Kier alpha value is -2.69. The number of pyridine rings is 1. The summed E-state index contributed by atoms with van der Waals surface area (Å²) in [5.41, 5.74) is 3.42. The third kappa shape index (κ3) is 5.16. The van der Waals surface area contributed by atoms with Gasteiger partial charge in [-0.2, -0.15) is 0 Å². The minimum Gasteiger partial charge on any atom is -0.478 e. The van der Waals surface area contributed by atoms with Crippen molar-refractivity contribution in [1.82, 2.24) is 10.3 Å². The van der Waals surface area contributed by atoms with E-state index in [1.54, 1.807) is 12.1 Å². The van der Waals surface area contributed by atoms with E-state index in [0.717, 1.165) is 25.0 Å². The Morgan fingerprint density at radius 3 is 2.27 bits per heavy atom. The van der Waals surface area contributed by atoms with E-state index < -0.39 is 5.97 Å². The maximum Gasteiger partial charge on any atom is 0.335 e. The van der Waals surface area contributed by atoms with Gasteiger partial charge in [0.2, 0.25) is 5.91 Å². The molecule has 7 rings (SSSR count). The van der Waals surface area contributed by atoms with E-state index in [9.17, 15) is 14.7 Å². The fourth-order valence-corrected chi connectivity index (χ4v) is 14.3. The zero-order chi connectivity index (χ0) is 35.0. The molecule has 2 aromatic rings. The summed E-state index contributed by atoms with van der Waals surface area (Å²) < 4.78 is 0. The van der Waals surface area contributed by atoms with Gasteiger partial charge in [-0.3, -0.25) is 9.78 Å². The smallest absolute Gasteiger partial charge is 0.335 e. The second-order valence-corrected chi connectivity index (χ2v) is 19.0. The lowest BCUT2D eigenvalue weighted by Crippen LogP contribution is -2.67. The summed E-state index contributed by atoms with van der Waals surface area (Å²) in [7, 11) is 0. The number of hydrogen-bond donors (Lipinski definition) is 2. The number of fused-ring (bicyclic) bond motifs is 7. The summed E-state index contributed by atoms with van der Waals surface area (Å²) in [4.78, 5) is 30.5. The molecule has 0 spiro atoms. The van der Waals surface area contributed by atoms with Crippen LogP contribution < -0.4 is 5.32 Å². The molecule has 266 valence electrons. The zero-order valence-corrected chi connectivity index (χ0v) is 31.4. The molecule has 10 unspecified atom stereocenters. The molecule has 5 heteroatoms. The SMILES string of the molecule is CC(C)C1CCC2(C(=O)NCCc3ccccn3)CCC3(C)C(CCC4C5(C)CCC(c6ccc(C(=O)O)cc6)C(C)(C)C5CCC43C)C12. The fourth-order valence-electron chi connectivity index (χ4n) is 14.3. The number of aromatic carboxylic acids is 1. The maximum atomic E-state index is 14.5. The van der Waals surface area contributed by atoms with Gasteiger partial charge in [0.15, 0.2) is 0 Å². The van der Waals surface area contributed by atoms with Crippen LogP contribution in [0.5, 0.6) is 0 Å². The lowest BCUT2D eigenvalue weighted by Gasteiger charge is -2.73. The van der Waals surface area contributed by atoms with Gasteiger partial charge < -0.3 is 10.4 Å². The Bertz CT molecular complexity index is 1550. The van der Waals surface area contributed by atoms with Crippen LogP contribution in [0.1, 0.15) is 140 Å². The van der Waals surface area contributed by atoms with Gasteiger partial charge >= 0.3 is 5.97 Å². The van der Waals surface area contributed by atoms with Crippen LogP contribution in [-0.2, 0) is 11.2 Å². The van der Waals surface area contributed by atoms with Crippen LogP contribution in [0.2, 0.25) is 0 Å². The van der Waals surface area contributed by atoms with E-state index in [4.69, 9.17) is 0 Å². The van der Waals surface area contributed by atoms with E-state index in [0.29, 0.717) is 59.4 Å². The van der Waals surface area contributed by atoms with Crippen molar-refractivity contribution in [3.05, 3.63) is 65.5 Å². The number of amides is 1. The van der Waals surface area contributed by atoms with E-state index in [1.807, 2.05) is 18.3 Å². The number of hydrogen-bond acceptors (Lipinski definition) is 3. The molecule has 5 saturated carbocycles. The summed E-state index contributed by atoms with van der Waals surface area (Å²) in [6.45, 7) is 18.6. The Labute approximate surface area is 295 Å². The van der Waals surface area contributed by atoms with Gasteiger partial charge in [0.05, 0.1) is 11.0 Å². The first kappa shape index (κ1) is 34.7. The zero-order valence-electron chi connectivity index (χ0n) is 31.4. The van der Waals surface area contributed by atoms with Crippen LogP contribution in [0.3, 0.4) is 0 Å². The first-order chi connectivity index (χ1) is 23.2. The molecule has 1 heterocycles. The summed E-state index contributed by atoms with van der Waals surface area (Å²) in [6.07, 6.45) is 14.6. The summed E-state index contributed by atoms with van der Waals surface area (Å²) in [5.74, 6) is 3.51. The van der Waals surface area contributed by atoms with Gasteiger partial charge in [-0.15, -0.1) is 0 Å². The first-order valence-corrected chi connectivity index (χ1v) is 19.7. The Balaban J connectivity index is 1.15. The topological polar surface area (TPSA) is 79.3 Å². The number of benzene rings is 1. The van der Waals surface area contributed by atoms with E-state index in [-0.39, 0.29) is 27.1 Å². The molecule has 0 saturated heterocycles. The fraction of sp³-hybridized carbons (Fsp3) is 0.705. The number of nitrogens with one attached hydrogen (secondary N) is 1. The number of aromatic nitrogens is 1. The van der Waals surface area contributed by atoms with Crippen molar-refractivity contribution >= 4 is 11.9 Å². The standard InChI is InChI=1S/C44H62N2O3/c1-28(2)32-17-23-44(39(49)46-27-20-31-10-8-9-26-45-31)25-24-42(6)34(37(32)44)15-16-36-41(5)21-18-33(29-11-13-30(14-12-29)38(47)48)40(3,4)35(41)19-22-43(36,42)7/h8-14,26,28,32-37H,15-25,27H2,1-7H3,(H,46,49)(H,47,48). The largest absolute Gasteiger partial charge is 0.478 e. The Kier molecular flexibility index (Phi) is 8.67. The lowest BCUT2D eigenvalue weighted by molar-refractivity contribution is -0.239. The molecule has 0 radical (unpaired) electrons. The van der Waals surface area contributed by atoms with Crippen molar-refractivity contribution in [2.24, 2.45) is 62.6 Å². The van der Waals surface area contributed by atoms with Crippen molar-refractivity contribution in [1.29, 1.82) is 0 Å². The molecule has 2 N–H and O–H groups in total. The molecule has 0 aliphatic heterocycles. The minimum absolute atomic E-state index is 0.139. The number of carboxylic acids is 1. The number of nitrogens with zero attached hydrogens (tertiary/aromatic N) is 1. The van der Waals surface area contributed by atoms with Gasteiger partial charge in [-0.05, 0) is 157 Å². The molecule has 0 bridgehead atoms. The molecule has 1 amide bonds. The third-order valence-corrected chi connectivity index (χ3v) is 16.8. The van der Waals surface area contributed by atoms with Crippen LogP contribution >= 0.6 is 0 Å². The number of carbonyl (C=O) groups excluding carboxylic acids is 1. The maximum absolute atomic E-state index is 14.5. The summed E-state index contributed by atoms with van der Waals surface area (Å²) >= 11 is 0. The molecular weight excluding hydrogens is 604 g/mol. The van der Waals surface area contributed by atoms with Crippen molar-refractivity contribution < 1.29 is 14.7 Å². The van der Waals surface area contributed by atoms with Gasteiger partial charge in [0.1, 0.15) is 0 Å². The molecule has 5 nitrogen and oxygen atoms in total. The van der Waals surface area contributed by atoms with Gasteiger partial charge in [0.25, 0.3) is 0 Å². The molecule has 5 aliphatic carbocycles. The van der Waals surface area contributed by atoms with Crippen LogP contribution in [0.15, 0.2) is 48.7 Å². The third-order valence-electron chi connectivity index (χ3n) is 16.8. The Morgan fingerprint density at radius 1 is 0.837 bits per heavy atom. The summed E-state index contributed by atoms with van der Waals surface area (Å²) in [5, 5.41) is 13.0. The second-order valence-electron chi connectivity index (χ2n) is 19.0. The molecule has 49 heavy (non-hydrogen) atoms. The monoisotopic (exact) mass is 666 g/mol. The average Bonchev–Trinajstić information content (AvgIpc) is 3.47. The van der Waals surface area contributed by atoms with Crippen molar-refractivity contribution in [2.75, 3.05) is 6.54 Å². The number of carbonyl (C=O) groups is 2. The van der Waals surface area contributed by atoms with Crippen LogP contribution in [0, 0.1) is 62.6 Å². The van der Waals surface area contributed by atoms with Gasteiger partial charge in [-0.1, -0.05) is 66.7 Å². The normalized spacial score (nSPS) is 40.8. The van der Waals surface area contributed by atoms with Crippen molar-refractivity contribution in [3.63, 3.8) is 0 Å². The highest BCUT2D eigenvalue weighted by Crippen LogP contribution is 2.78. The summed E-state index contributed by atoms with van der Waals surface area (Å²) in [6, 6.07) is 13.8. The van der Waals surface area contributed by atoms with Crippen molar-refractivity contribution in [2.45, 2.75) is 125 Å². The van der Waals surface area contributed by atoms with E-state index in [1.165, 1.54) is 56.9 Å². The molecule has 1 aromatic carbocycles. The highest BCUT2D eigenvalue weighted by molar-refractivity contribution is 5.87.